The van der Waals surface area contributed by atoms with Gasteiger partial charge < -0.3 is 10.1 Å². The lowest BCUT2D eigenvalue weighted by Gasteiger charge is -2.25. The molecule has 0 aliphatic heterocycles. The van der Waals surface area contributed by atoms with Crippen molar-refractivity contribution in [3.8, 4) is 5.75 Å². The number of ether oxygens (including phenoxy) is 1. The maximum atomic E-state index is 13.1. The van der Waals surface area contributed by atoms with Gasteiger partial charge in [0.2, 0.25) is 5.91 Å². The minimum Gasteiger partial charge on any atom is -0.410 e. The third kappa shape index (κ3) is 5.84. The fourth-order valence-electron chi connectivity index (χ4n) is 4.40. The number of carbonyl (C=O) groups excluding carboxylic acids is 2. The van der Waals surface area contributed by atoms with Crippen LogP contribution in [-0.4, -0.2) is 12.0 Å². The lowest BCUT2D eigenvalue weighted by atomic mass is 9.83. The summed E-state index contributed by atoms with van der Waals surface area (Å²) in [5, 5.41) is 5.73. The van der Waals surface area contributed by atoms with Gasteiger partial charge in [-0.1, -0.05) is 61.7 Å². The second-order valence-electron chi connectivity index (χ2n) is 9.44. The quantitative estimate of drug-likeness (QED) is 0.410. The molecular weight excluding hydrogens is 424 g/mol. The summed E-state index contributed by atoms with van der Waals surface area (Å²) in [6.07, 6.45) is 5.90. The first-order chi connectivity index (χ1) is 16.4. The number of amides is 2. The predicted octanol–water partition coefficient (Wildman–Crippen LogP) is 7.26. The van der Waals surface area contributed by atoms with Gasteiger partial charge in [-0.05, 0) is 80.1 Å². The van der Waals surface area contributed by atoms with Gasteiger partial charge in [0.15, 0.2) is 0 Å². The van der Waals surface area contributed by atoms with Crippen LogP contribution in [0.4, 0.5) is 16.2 Å². The molecule has 1 saturated carbocycles. The van der Waals surface area contributed by atoms with Crippen LogP contribution in [0.25, 0.3) is 0 Å². The minimum absolute atomic E-state index is 0.0894. The van der Waals surface area contributed by atoms with Crippen LogP contribution >= 0.6 is 0 Å². The molecule has 1 fully saturated rings. The van der Waals surface area contributed by atoms with Gasteiger partial charge in [-0.3, -0.25) is 10.1 Å². The van der Waals surface area contributed by atoms with Crippen LogP contribution in [0.3, 0.4) is 0 Å². The van der Waals surface area contributed by atoms with Crippen LogP contribution < -0.4 is 15.4 Å². The number of para-hydroxylation sites is 1. The zero-order chi connectivity index (χ0) is 24.0. The van der Waals surface area contributed by atoms with Crippen molar-refractivity contribution in [2.45, 2.75) is 57.3 Å². The van der Waals surface area contributed by atoms with E-state index in [0.717, 1.165) is 11.3 Å². The molecule has 5 nitrogen and oxygen atoms in total. The smallest absolute Gasteiger partial charge is 0.410 e. The summed E-state index contributed by atoms with van der Waals surface area (Å²) >= 11 is 0. The standard InChI is InChI=1S/C29H32N2O3/c1-29(2,27(32)30-25-17-13-22(14-18-25)21-9-5-3-6-10-21)23-15-19-26(20-16-23)34-28(33)31-24-11-7-4-8-12-24/h4,7-8,11-21H,3,5-6,9-10H2,1-2H3,(H,30,32)(H,31,33). The van der Waals surface area contributed by atoms with Crippen LogP contribution in [0.1, 0.15) is 63.0 Å². The van der Waals surface area contributed by atoms with Crippen molar-refractivity contribution in [1.29, 1.82) is 0 Å². The first-order valence-corrected chi connectivity index (χ1v) is 12.0. The van der Waals surface area contributed by atoms with E-state index in [1.54, 1.807) is 24.3 Å². The molecule has 0 atom stereocenters. The lowest BCUT2D eigenvalue weighted by molar-refractivity contribution is -0.120. The predicted molar refractivity (Wildman–Crippen MR) is 136 cm³/mol. The molecule has 0 radical (unpaired) electrons. The summed E-state index contributed by atoms with van der Waals surface area (Å²) in [4.78, 5) is 25.2. The van der Waals surface area contributed by atoms with Crippen LogP contribution in [0.5, 0.6) is 5.75 Å². The zero-order valence-electron chi connectivity index (χ0n) is 19.8. The number of hydrogen-bond donors (Lipinski definition) is 2. The van der Waals surface area contributed by atoms with Gasteiger partial charge in [0.05, 0.1) is 5.41 Å². The Bertz CT molecular complexity index is 1100. The average Bonchev–Trinajstić information content (AvgIpc) is 2.86. The summed E-state index contributed by atoms with van der Waals surface area (Å²) in [6.45, 7) is 3.77. The summed E-state index contributed by atoms with van der Waals surface area (Å²) in [5.41, 5.74) is 2.90. The Morgan fingerprint density at radius 1 is 0.765 bits per heavy atom. The number of carbonyl (C=O) groups is 2. The molecule has 2 N–H and O–H groups in total. The second kappa shape index (κ2) is 10.6. The molecule has 0 saturated heterocycles. The first kappa shape index (κ1) is 23.6. The van der Waals surface area contributed by atoms with Gasteiger partial charge in [0, 0.05) is 11.4 Å². The van der Waals surface area contributed by atoms with Crippen molar-refractivity contribution in [3.05, 3.63) is 90.0 Å². The highest BCUT2D eigenvalue weighted by Gasteiger charge is 2.30. The highest BCUT2D eigenvalue weighted by Crippen LogP contribution is 2.33. The number of hydrogen-bond acceptors (Lipinski definition) is 3. The van der Waals surface area contributed by atoms with Crippen LogP contribution in [0.15, 0.2) is 78.9 Å². The van der Waals surface area contributed by atoms with Gasteiger partial charge in [-0.2, -0.15) is 0 Å². The fourth-order valence-corrected chi connectivity index (χ4v) is 4.40. The largest absolute Gasteiger partial charge is 0.417 e. The molecular formula is C29H32N2O3. The van der Waals surface area contributed by atoms with Crippen molar-refractivity contribution in [2.24, 2.45) is 0 Å². The monoisotopic (exact) mass is 456 g/mol. The molecule has 0 bridgehead atoms. The van der Waals surface area contributed by atoms with E-state index in [9.17, 15) is 9.59 Å². The van der Waals surface area contributed by atoms with E-state index in [2.05, 4.69) is 22.8 Å². The van der Waals surface area contributed by atoms with Crippen LogP contribution in [0.2, 0.25) is 0 Å². The molecule has 1 aliphatic carbocycles. The minimum atomic E-state index is -0.757. The van der Waals surface area contributed by atoms with E-state index in [1.165, 1.54) is 37.7 Å². The molecule has 0 heterocycles. The van der Waals surface area contributed by atoms with Crippen molar-refractivity contribution >= 4 is 23.4 Å². The van der Waals surface area contributed by atoms with Crippen molar-refractivity contribution in [3.63, 3.8) is 0 Å². The fraction of sp³-hybridized carbons (Fsp3) is 0.310. The second-order valence-corrected chi connectivity index (χ2v) is 9.44. The van der Waals surface area contributed by atoms with E-state index in [-0.39, 0.29) is 5.91 Å². The van der Waals surface area contributed by atoms with Crippen molar-refractivity contribution < 1.29 is 14.3 Å². The van der Waals surface area contributed by atoms with Gasteiger partial charge in [0.25, 0.3) is 0 Å². The normalized spacial score (nSPS) is 14.3. The molecule has 3 aromatic rings. The average molecular weight is 457 g/mol. The Kier molecular flexibility index (Phi) is 7.31. The maximum absolute atomic E-state index is 13.1. The molecule has 5 heteroatoms. The molecule has 0 aromatic heterocycles. The van der Waals surface area contributed by atoms with E-state index in [0.29, 0.717) is 17.4 Å². The van der Waals surface area contributed by atoms with Crippen molar-refractivity contribution in [1.82, 2.24) is 0 Å². The summed E-state index contributed by atoms with van der Waals surface area (Å²) < 4.78 is 5.35. The number of benzene rings is 3. The molecule has 0 spiro atoms. The van der Waals surface area contributed by atoms with Gasteiger partial charge >= 0.3 is 6.09 Å². The van der Waals surface area contributed by atoms with Crippen LogP contribution in [0, 0.1) is 0 Å². The summed E-state index contributed by atoms with van der Waals surface area (Å²) in [6, 6.07) is 24.4. The van der Waals surface area contributed by atoms with Gasteiger partial charge in [-0.15, -0.1) is 0 Å². The SMILES string of the molecule is CC(C)(C(=O)Nc1ccc(C2CCCCC2)cc1)c1ccc(OC(=O)Nc2ccccc2)cc1. The number of rotatable bonds is 6. The highest BCUT2D eigenvalue weighted by molar-refractivity contribution is 5.98. The Morgan fingerprint density at radius 2 is 1.38 bits per heavy atom. The lowest BCUT2D eigenvalue weighted by Crippen LogP contribution is -2.34. The maximum Gasteiger partial charge on any atom is 0.417 e. The molecule has 0 unspecified atom stereocenters. The summed E-state index contributed by atoms with van der Waals surface area (Å²) in [5.74, 6) is 0.963. The molecule has 176 valence electrons. The van der Waals surface area contributed by atoms with Crippen LogP contribution in [-0.2, 0) is 10.2 Å². The first-order valence-electron chi connectivity index (χ1n) is 12.0. The molecule has 2 amide bonds. The van der Waals surface area contributed by atoms with Crippen molar-refractivity contribution in [2.75, 3.05) is 10.6 Å². The Labute approximate surface area is 201 Å². The topological polar surface area (TPSA) is 67.4 Å². The van der Waals surface area contributed by atoms with E-state index < -0.39 is 11.5 Å². The van der Waals surface area contributed by atoms with Gasteiger partial charge in [-0.25, -0.2) is 4.79 Å². The third-order valence-corrected chi connectivity index (χ3v) is 6.62. The van der Waals surface area contributed by atoms with E-state index >= 15 is 0 Å². The Morgan fingerprint density at radius 3 is 2.03 bits per heavy atom. The Balaban J connectivity index is 1.35. The Hall–Kier alpha value is -3.60. The molecule has 3 aromatic carbocycles. The highest BCUT2D eigenvalue weighted by atomic mass is 16.6. The molecule has 4 rings (SSSR count). The van der Waals surface area contributed by atoms with E-state index in [1.807, 2.05) is 56.3 Å². The number of nitrogens with one attached hydrogen (secondary N) is 2. The molecule has 1 aliphatic rings. The zero-order valence-corrected chi connectivity index (χ0v) is 19.8. The summed E-state index contributed by atoms with van der Waals surface area (Å²) in [7, 11) is 0. The molecule has 34 heavy (non-hydrogen) atoms. The number of anilines is 2. The van der Waals surface area contributed by atoms with Gasteiger partial charge in [0.1, 0.15) is 5.75 Å². The third-order valence-electron chi connectivity index (χ3n) is 6.62. The van der Waals surface area contributed by atoms with E-state index in [4.69, 9.17) is 4.74 Å².